The number of fused-ring (bicyclic) bond motifs is 5. The van der Waals surface area contributed by atoms with Crippen molar-refractivity contribution < 1.29 is 139 Å². The molecular formula is C60H102O28. The van der Waals surface area contributed by atoms with E-state index in [1.807, 2.05) is 20.8 Å². The van der Waals surface area contributed by atoms with Gasteiger partial charge in [-0.05, 0) is 124 Å². The molecule has 5 saturated heterocycles. The number of hydrogen-bond acceptors (Lipinski definition) is 28. The summed E-state index contributed by atoms with van der Waals surface area (Å²) in [6.07, 6.45) is -35.6. The van der Waals surface area contributed by atoms with Crippen LogP contribution in [0.25, 0.3) is 0 Å². The first-order valence-corrected chi connectivity index (χ1v) is 31.4. The molecule has 18 N–H and O–H groups in total. The van der Waals surface area contributed by atoms with Crippen molar-refractivity contribution in [3.8, 4) is 0 Å². The van der Waals surface area contributed by atoms with Gasteiger partial charge in [0.25, 0.3) is 0 Å². The number of aliphatic hydroxyl groups excluding tert-OH is 18. The Morgan fingerprint density at radius 3 is 1.50 bits per heavy atom. The molecular weight excluding hydrogens is 1170 g/mol. The van der Waals surface area contributed by atoms with Gasteiger partial charge in [-0.25, -0.2) is 0 Å². The lowest BCUT2D eigenvalue weighted by atomic mass is 9.35. The highest BCUT2D eigenvalue weighted by atomic mass is 16.8. The van der Waals surface area contributed by atoms with Crippen molar-refractivity contribution in [3.63, 3.8) is 0 Å². The molecule has 0 aromatic rings. The summed E-state index contributed by atoms with van der Waals surface area (Å²) in [5.41, 5.74) is -1.86. The molecule has 0 radical (unpaired) electrons. The Kier molecular flexibility index (Phi) is 22.1. The lowest BCUT2D eigenvalue weighted by Crippen LogP contribution is -2.68. The molecule has 9 aliphatic rings. The molecule has 5 aliphatic heterocycles. The first-order valence-electron chi connectivity index (χ1n) is 31.4. The Morgan fingerprint density at radius 1 is 0.477 bits per heavy atom. The van der Waals surface area contributed by atoms with Gasteiger partial charge in [0.2, 0.25) is 0 Å². The normalized spacial score (nSPS) is 52.9. The Morgan fingerprint density at radius 2 is 0.943 bits per heavy atom. The van der Waals surface area contributed by atoms with Crippen LogP contribution in [0.2, 0.25) is 0 Å². The standard InChI is InChI=1S/C60H102O28/c1-24(2)10-9-14-60(8,88-54-47(77)42(72)39(69)31(84-54)23-79-51-48(78)44(74)49(30(22-64)83-51)86-52-45(75)40(70)36(66)27(19-61)80-52)25-11-16-59(7)35(25)26(65)18-33-57(5)15-13-34(56(3,4)32(57)12-17-58(33,59)6)85-55-50(43(73)38(68)29(21-63)82-55)87-53-46(76)41(71)37(67)28(20-62)81-53/h10,25-55,61-78H,9,11-23H2,1-8H3. The molecule has 510 valence electrons. The van der Waals surface area contributed by atoms with Crippen molar-refractivity contribution >= 4 is 0 Å². The zero-order valence-corrected chi connectivity index (χ0v) is 51.5. The summed E-state index contributed by atoms with van der Waals surface area (Å²) in [5, 5.41) is 195. The predicted molar refractivity (Wildman–Crippen MR) is 299 cm³/mol. The third-order valence-electron chi connectivity index (χ3n) is 23.0. The number of aliphatic hydroxyl groups is 18. The average molecular weight is 1270 g/mol. The fourth-order valence-corrected chi connectivity index (χ4v) is 17.7. The summed E-state index contributed by atoms with van der Waals surface area (Å²) in [6, 6.07) is 0. The van der Waals surface area contributed by atoms with Gasteiger partial charge in [0.15, 0.2) is 31.5 Å². The topological polar surface area (TPSA) is 456 Å². The molecule has 28 heteroatoms. The molecule has 9 fully saturated rings. The van der Waals surface area contributed by atoms with Crippen molar-refractivity contribution in [2.24, 2.45) is 45.3 Å². The van der Waals surface area contributed by atoms with Crippen LogP contribution >= 0.6 is 0 Å². The van der Waals surface area contributed by atoms with Gasteiger partial charge in [0.1, 0.15) is 122 Å². The molecule has 5 heterocycles. The van der Waals surface area contributed by atoms with Gasteiger partial charge in [-0.15, -0.1) is 0 Å². The SMILES string of the molecule is CC(C)=CCCC(C)(OC1OC(COC2OC(CO)C(OC3OC(CO)C(O)C(O)C3O)C(O)C2O)C(O)C(O)C1O)C1CCC2(C)C1C(O)CC1C3(C)CCC(OC4OC(CO)C(O)C(O)C4OC4OC(CO)C(O)C(O)C4O)C(C)(C)C3CCC12C. The molecule has 0 aromatic heterocycles. The van der Waals surface area contributed by atoms with Gasteiger partial charge in [-0.2, -0.15) is 0 Å². The van der Waals surface area contributed by atoms with Gasteiger partial charge < -0.3 is 139 Å². The maximum Gasteiger partial charge on any atom is 0.187 e. The maximum atomic E-state index is 12.9. The number of ether oxygens (including phenoxy) is 10. The Balaban J connectivity index is 0.900. The minimum atomic E-state index is -1.92. The minimum Gasteiger partial charge on any atom is -0.394 e. The summed E-state index contributed by atoms with van der Waals surface area (Å²) in [7, 11) is 0. The molecule has 0 amide bonds. The third kappa shape index (κ3) is 12.6. The van der Waals surface area contributed by atoms with Crippen molar-refractivity contribution in [1.82, 2.24) is 0 Å². The highest BCUT2D eigenvalue weighted by Crippen LogP contribution is 2.76. The Hall–Kier alpha value is -1.38. The molecule has 0 aromatic carbocycles. The molecule has 88 heavy (non-hydrogen) atoms. The fraction of sp³-hybridized carbons (Fsp3) is 0.967. The number of rotatable bonds is 19. The van der Waals surface area contributed by atoms with Crippen LogP contribution in [0.3, 0.4) is 0 Å². The summed E-state index contributed by atoms with van der Waals surface area (Å²) in [6.45, 7) is 13.3. The van der Waals surface area contributed by atoms with Crippen LogP contribution in [0.15, 0.2) is 11.6 Å². The van der Waals surface area contributed by atoms with E-state index in [1.54, 1.807) is 0 Å². The van der Waals surface area contributed by atoms with Crippen LogP contribution in [0, 0.1) is 45.3 Å². The van der Waals surface area contributed by atoms with Crippen LogP contribution < -0.4 is 0 Å². The average Bonchev–Trinajstić information content (AvgIpc) is 1.27. The van der Waals surface area contributed by atoms with E-state index in [0.717, 1.165) is 18.4 Å². The van der Waals surface area contributed by atoms with E-state index in [-0.39, 0.29) is 34.5 Å². The molecule has 0 spiro atoms. The number of allylic oxidation sites excluding steroid dienone is 2. The number of hydrogen-bond donors (Lipinski definition) is 18. The van der Waals surface area contributed by atoms with E-state index in [2.05, 4.69) is 40.7 Å². The van der Waals surface area contributed by atoms with Crippen molar-refractivity contribution in [2.75, 3.05) is 33.0 Å². The molecule has 4 saturated carbocycles. The lowest BCUT2D eigenvalue weighted by Gasteiger charge is -2.71. The van der Waals surface area contributed by atoms with Crippen LogP contribution in [0.1, 0.15) is 113 Å². The second-order valence-corrected chi connectivity index (χ2v) is 28.6. The smallest absolute Gasteiger partial charge is 0.187 e. The first kappa shape index (κ1) is 70.9. The predicted octanol–water partition coefficient (Wildman–Crippen LogP) is -4.38. The minimum absolute atomic E-state index is 0.00190. The van der Waals surface area contributed by atoms with Crippen molar-refractivity contribution in [1.29, 1.82) is 0 Å². The fourth-order valence-electron chi connectivity index (χ4n) is 17.7. The highest BCUT2D eigenvalue weighted by molar-refractivity contribution is 5.21. The van der Waals surface area contributed by atoms with Crippen LogP contribution in [0.4, 0.5) is 0 Å². The monoisotopic (exact) mass is 1270 g/mol. The molecule has 0 bridgehead atoms. The zero-order chi connectivity index (χ0) is 64.7. The van der Waals surface area contributed by atoms with Gasteiger partial charge in [-0.3, -0.25) is 0 Å². The lowest BCUT2D eigenvalue weighted by molar-refractivity contribution is -0.378. The van der Waals surface area contributed by atoms with E-state index in [1.165, 1.54) is 0 Å². The van der Waals surface area contributed by atoms with E-state index in [4.69, 9.17) is 47.4 Å². The second kappa shape index (κ2) is 27.4. The van der Waals surface area contributed by atoms with Gasteiger partial charge in [-0.1, -0.05) is 46.3 Å². The Labute approximate surface area is 512 Å². The zero-order valence-electron chi connectivity index (χ0n) is 51.5. The van der Waals surface area contributed by atoms with Crippen LogP contribution in [-0.4, -0.2) is 296 Å². The van der Waals surface area contributed by atoms with Gasteiger partial charge in [0, 0.05) is 0 Å². The van der Waals surface area contributed by atoms with E-state index in [9.17, 15) is 91.9 Å². The molecule has 35 atom stereocenters. The van der Waals surface area contributed by atoms with Crippen molar-refractivity contribution in [3.05, 3.63) is 11.6 Å². The quantitative estimate of drug-likeness (QED) is 0.0429. The summed E-state index contributed by atoms with van der Waals surface area (Å²) in [5.74, 6) is -0.658. The largest absolute Gasteiger partial charge is 0.394 e. The first-order chi connectivity index (χ1) is 41.3. The van der Waals surface area contributed by atoms with Crippen LogP contribution in [0.5, 0.6) is 0 Å². The molecule has 35 unspecified atom stereocenters. The van der Waals surface area contributed by atoms with E-state index < -0.39 is 215 Å². The molecule has 28 nitrogen and oxygen atoms in total. The van der Waals surface area contributed by atoms with Crippen LogP contribution in [-0.2, 0) is 47.4 Å². The Bertz CT molecular complexity index is 2320. The molecule has 9 rings (SSSR count). The summed E-state index contributed by atoms with van der Waals surface area (Å²) in [4.78, 5) is 0. The second-order valence-electron chi connectivity index (χ2n) is 28.6. The molecule has 4 aliphatic carbocycles. The van der Waals surface area contributed by atoms with E-state index in [0.29, 0.717) is 44.9 Å². The van der Waals surface area contributed by atoms with E-state index >= 15 is 0 Å². The maximum absolute atomic E-state index is 12.9. The third-order valence-corrected chi connectivity index (χ3v) is 23.0. The summed E-state index contributed by atoms with van der Waals surface area (Å²) < 4.78 is 60.6. The summed E-state index contributed by atoms with van der Waals surface area (Å²) >= 11 is 0. The van der Waals surface area contributed by atoms with Crippen molar-refractivity contribution in [2.45, 2.75) is 285 Å². The van der Waals surface area contributed by atoms with Gasteiger partial charge >= 0.3 is 0 Å². The van der Waals surface area contributed by atoms with Gasteiger partial charge in [0.05, 0.1) is 50.8 Å². The highest BCUT2D eigenvalue weighted by Gasteiger charge is 2.72.